The van der Waals surface area contributed by atoms with Crippen molar-refractivity contribution in [2.75, 3.05) is 12.3 Å². The lowest BCUT2D eigenvalue weighted by Gasteiger charge is -2.19. The molecule has 4 nitrogen and oxygen atoms in total. The van der Waals surface area contributed by atoms with Gasteiger partial charge in [0.2, 0.25) is 0 Å². The van der Waals surface area contributed by atoms with E-state index in [-0.39, 0.29) is 0 Å². The zero-order valence-corrected chi connectivity index (χ0v) is 11.0. The first-order valence-corrected chi connectivity index (χ1v) is 6.22. The molecule has 0 aliphatic heterocycles. The van der Waals surface area contributed by atoms with Crippen LogP contribution in [0.5, 0.6) is 0 Å². The van der Waals surface area contributed by atoms with Gasteiger partial charge in [0.25, 0.3) is 0 Å². The number of hydrogen-bond acceptors (Lipinski definition) is 3. The Morgan fingerprint density at radius 3 is 2.44 bits per heavy atom. The van der Waals surface area contributed by atoms with E-state index in [1.54, 1.807) is 0 Å². The quantitative estimate of drug-likeness (QED) is 0.819. The normalized spacial score (nSPS) is 11.1. The molecule has 0 saturated heterocycles. The molecule has 4 heteroatoms. The molecule has 2 rings (SSSR count). The number of aromatic nitrogens is 2. The van der Waals surface area contributed by atoms with E-state index in [0.717, 1.165) is 31.0 Å². The Morgan fingerprint density at radius 1 is 1.17 bits per heavy atom. The van der Waals surface area contributed by atoms with Crippen LogP contribution in [0, 0.1) is 0 Å². The Hall–Kier alpha value is -1.81. The number of aryl methyl sites for hydroxylation is 1. The average Bonchev–Trinajstić information content (AvgIpc) is 2.77. The Labute approximate surface area is 108 Å². The topological polar surface area (TPSA) is 47.1 Å². The highest BCUT2D eigenvalue weighted by molar-refractivity contribution is 5.39. The Morgan fingerprint density at radius 2 is 1.89 bits per heavy atom. The first-order valence-electron chi connectivity index (χ1n) is 6.22. The summed E-state index contributed by atoms with van der Waals surface area (Å²) >= 11 is 0. The van der Waals surface area contributed by atoms with Crippen LogP contribution in [0.4, 0.5) is 5.69 Å². The molecule has 96 valence electrons. The summed E-state index contributed by atoms with van der Waals surface area (Å²) in [5, 5.41) is 4.41. The molecule has 0 saturated carbocycles. The molecule has 0 amide bonds. The summed E-state index contributed by atoms with van der Waals surface area (Å²) in [6.07, 6.45) is 1.98. The molecule has 1 heterocycles. The van der Waals surface area contributed by atoms with Crippen molar-refractivity contribution >= 4 is 5.69 Å². The highest BCUT2D eigenvalue weighted by atomic mass is 15.3. The van der Waals surface area contributed by atoms with E-state index in [0.29, 0.717) is 0 Å². The average molecular weight is 244 g/mol. The van der Waals surface area contributed by atoms with Gasteiger partial charge in [0, 0.05) is 32.0 Å². The predicted octanol–water partition coefficient (Wildman–Crippen LogP) is 2.02. The molecular weight excluding hydrogens is 224 g/mol. The number of hydrogen-bond donors (Lipinski definition) is 1. The van der Waals surface area contributed by atoms with E-state index in [9.17, 15) is 0 Å². The number of rotatable bonds is 5. The third kappa shape index (κ3) is 3.34. The molecule has 1 aromatic heterocycles. The van der Waals surface area contributed by atoms with Gasteiger partial charge in [0.1, 0.15) is 0 Å². The molecule has 0 spiro atoms. The van der Waals surface area contributed by atoms with Crippen molar-refractivity contribution in [3.8, 4) is 0 Å². The van der Waals surface area contributed by atoms with Crippen molar-refractivity contribution in [2.24, 2.45) is 7.05 Å². The van der Waals surface area contributed by atoms with Crippen LogP contribution in [-0.4, -0.2) is 21.2 Å². The molecule has 0 aliphatic rings. The van der Waals surface area contributed by atoms with E-state index in [1.165, 1.54) is 5.56 Å². The van der Waals surface area contributed by atoms with Gasteiger partial charge < -0.3 is 5.73 Å². The van der Waals surface area contributed by atoms with E-state index in [1.807, 2.05) is 30.1 Å². The fourth-order valence-electron chi connectivity index (χ4n) is 1.94. The van der Waals surface area contributed by atoms with Crippen molar-refractivity contribution in [2.45, 2.75) is 20.0 Å². The van der Waals surface area contributed by atoms with E-state index < -0.39 is 0 Å². The second kappa shape index (κ2) is 5.69. The van der Waals surface area contributed by atoms with Gasteiger partial charge in [0.15, 0.2) is 0 Å². The summed E-state index contributed by atoms with van der Waals surface area (Å²) in [4.78, 5) is 2.36. The molecular formula is C14H20N4. The Bertz CT molecular complexity index is 487. The van der Waals surface area contributed by atoms with Gasteiger partial charge in [-0.3, -0.25) is 9.58 Å². The van der Waals surface area contributed by atoms with Crippen molar-refractivity contribution < 1.29 is 0 Å². The summed E-state index contributed by atoms with van der Waals surface area (Å²) in [5.41, 5.74) is 8.89. The number of nitrogens with two attached hydrogens (primary N) is 1. The second-order valence-corrected chi connectivity index (χ2v) is 4.53. The fourth-order valence-corrected chi connectivity index (χ4v) is 1.94. The largest absolute Gasteiger partial charge is 0.399 e. The van der Waals surface area contributed by atoms with Crippen LogP contribution >= 0.6 is 0 Å². The lowest BCUT2D eigenvalue weighted by molar-refractivity contribution is 0.267. The minimum atomic E-state index is 0.812. The summed E-state index contributed by atoms with van der Waals surface area (Å²) < 4.78 is 1.84. The maximum Gasteiger partial charge on any atom is 0.0764 e. The van der Waals surface area contributed by atoms with Gasteiger partial charge in [-0.05, 0) is 30.3 Å². The molecule has 2 aromatic rings. The zero-order valence-electron chi connectivity index (χ0n) is 11.0. The summed E-state index contributed by atoms with van der Waals surface area (Å²) in [5.74, 6) is 0. The van der Waals surface area contributed by atoms with Crippen molar-refractivity contribution in [3.63, 3.8) is 0 Å². The van der Waals surface area contributed by atoms with Crippen LogP contribution in [0.1, 0.15) is 18.2 Å². The maximum absolute atomic E-state index is 5.69. The Balaban J connectivity index is 1.99. The number of benzene rings is 1. The van der Waals surface area contributed by atoms with Gasteiger partial charge in [0.05, 0.1) is 5.69 Å². The number of nitrogens with zero attached hydrogens (tertiary/aromatic N) is 3. The molecule has 1 aromatic carbocycles. The molecule has 18 heavy (non-hydrogen) atoms. The fraction of sp³-hybridized carbons (Fsp3) is 0.357. The Kier molecular flexibility index (Phi) is 3.99. The standard InChI is InChI=1S/C14H20N4/c1-3-18(11-14-8-9-17(2)16-14)10-12-4-6-13(15)7-5-12/h4-9H,3,10-11,15H2,1-2H3. The lowest BCUT2D eigenvalue weighted by atomic mass is 10.2. The molecule has 0 atom stereocenters. The first kappa shape index (κ1) is 12.6. The lowest BCUT2D eigenvalue weighted by Crippen LogP contribution is -2.22. The third-order valence-electron chi connectivity index (χ3n) is 2.99. The van der Waals surface area contributed by atoms with Gasteiger partial charge >= 0.3 is 0 Å². The van der Waals surface area contributed by atoms with E-state index >= 15 is 0 Å². The smallest absolute Gasteiger partial charge is 0.0764 e. The minimum Gasteiger partial charge on any atom is -0.399 e. The predicted molar refractivity (Wildman–Crippen MR) is 73.9 cm³/mol. The van der Waals surface area contributed by atoms with Crippen LogP contribution in [-0.2, 0) is 20.1 Å². The summed E-state index contributed by atoms with van der Waals surface area (Å²) in [6.45, 7) is 4.97. The van der Waals surface area contributed by atoms with Crippen LogP contribution in [0.3, 0.4) is 0 Å². The van der Waals surface area contributed by atoms with E-state index in [4.69, 9.17) is 5.73 Å². The molecule has 2 N–H and O–H groups in total. The summed E-state index contributed by atoms with van der Waals surface area (Å²) in [6, 6.07) is 10.1. The highest BCUT2D eigenvalue weighted by Crippen LogP contribution is 2.10. The zero-order chi connectivity index (χ0) is 13.0. The number of anilines is 1. The van der Waals surface area contributed by atoms with Gasteiger partial charge in [-0.25, -0.2) is 0 Å². The number of nitrogen functional groups attached to an aromatic ring is 1. The molecule has 0 aliphatic carbocycles. The van der Waals surface area contributed by atoms with Crippen LogP contribution in [0.25, 0.3) is 0 Å². The molecule has 0 unspecified atom stereocenters. The first-order chi connectivity index (χ1) is 8.67. The van der Waals surface area contributed by atoms with Crippen LogP contribution in [0.2, 0.25) is 0 Å². The van der Waals surface area contributed by atoms with Crippen molar-refractivity contribution in [3.05, 3.63) is 47.8 Å². The monoisotopic (exact) mass is 244 g/mol. The molecule has 0 radical (unpaired) electrons. The van der Waals surface area contributed by atoms with Crippen LogP contribution in [0.15, 0.2) is 36.5 Å². The van der Waals surface area contributed by atoms with E-state index in [2.05, 4.69) is 35.1 Å². The molecule has 0 fully saturated rings. The SMILES string of the molecule is CCN(Cc1ccc(N)cc1)Cc1ccn(C)n1. The van der Waals surface area contributed by atoms with Crippen molar-refractivity contribution in [1.29, 1.82) is 0 Å². The van der Waals surface area contributed by atoms with Gasteiger partial charge in [-0.1, -0.05) is 19.1 Å². The third-order valence-corrected chi connectivity index (χ3v) is 2.99. The van der Waals surface area contributed by atoms with Gasteiger partial charge in [-0.2, -0.15) is 5.10 Å². The highest BCUT2D eigenvalue weighted by Gasteiger charge is 2.06. The maximum atomic E-state index is 5.69. The van der Waals surface area contributed by atoms with Crippen molar-refractivity contribution in [1.82, 2.24) is 14.7 Å². The molecule has 0 bridgehead atoms. The van der Waals surface area contributed by atoms with Gasteiger partial charge in [-0.15, -0.1) is 0 Å². The second-order valence-electron chi connectivity index (χ2n) is 4.53. The summed E-state index contributed by atoms with van der Waals surface area (Å²) in [7, 11) is 1.94. The van der Waals surface area contributed by atoms with Crippen LogP contribution < -0.4 is 5.73 Å². The minimum absolute atomic E-state index is 0.812.